The number of nitrogens with one attached hydrogen (secondary N) is 2. The Kier molecular flexibility index (Phi) is 6.62. The Balaban J connectivity index is 1.35. The van der Waals surface area contributed by atoms with Crippen LogP contribution in [0.15, 0.2) is 65.9 Å². The molecule has 1 atom stereocenters. The summed E-state index contributed by atoms with van der Waals surface area (Å²) in [4.78, 5) is 33.9. The number of aromatic amines is 1. The third-order valence-corrected chi connectivity index (χ3v) is 6.96. The second kappa shape index (κ2) is 10.5. The Bertz CT molecular complexity index is 1460. The highest BCUT2D eigenvalue weighted by atomic mass is 16.5. The van der Waals surface area contributed by atoms with Crippen molar-refractivity contribution in [3.05, 3.63) is 72.1 Å². The quantitative estimate of drug-likeness (QED) is 0.379. The molecule has 38 heavy (non-hydrogen) atoms. The molecule has 10 nitrogen and oxygen atoms in total. The van der Waals surface area contributed by atoms with Gasteiger partial charge in [0.2, 0.25) is 0 Å². The topological polar surface area (TPSA) is 119 Å². The fourth-order valence-electron chi connectivity index (χ4n) is 5.11. The maximum atomic E-state index is 12.9. The Hall–Kier alpha value is -4.44. The molecule has 194 valence electrons. The highest BCUT2D eigenvalue weighted by molar-refractivity contribution is 6.06. The zero-order chi connectivity index (χ0) is 25.9. The van der Waals surface area contributed by atoms with Crippen molar-refractivity contribution >= 4 is 34.7 Å². The third-order valence-electron chi connectivity index (χ3n) is 6.96. The van der Waals surface area contributed by atoms with Crippen LogP contribution in [0.1, 0.15) is 11.1 Å². The van der Waals surface area contributed by atoms with Gasteiger partial charge in [-0.25, -0.2) is 9.97 Å². The molecule has 4 bridgehead atoms. The van der Waals surface area contributed by atoms with Crippen molar-refractivity contribution < 1.29 is 14.6 Å². The van der Waals surface area contributed by atoms with Crippen molar-refractivity contribution in [1.82, 2.24) is 25.2 Å². The minimum absolute atomic E-state index is 0.00799. The van der Waals surface area contributed by atoms with Crippen LogP contribution >= 0.6 is 0 Å². The minimum Gasteiger partial charge on any atom is -0.494 e. The van der Waals surface area contributed by atoms with Gasteiger partial charge in [-0.15, -0.1) is 0 Å². The van der Waals surface area contributed by atoms with Gasteiger partial charge in [0.15, 0.2) is 12.5 Å². The van der Waals surface area contributed by atoms with Gasteiger partial charge in [-0.1, -0.05) is 36.4 Å². The number of fused-ring (bicyclic) bond motifs is 7. The van der Waals surface area contributed by atoms with E-state index in [1.165, 1.54) is 11.9 Å². The summed E-state index contributed by atoms with van der Waals surface area (Å²) in [6, 6.07) is 17.3. The predicted octanol–water partition coefficient (Wildman–Crippen LogP) is 2.66. The Labute approximate surface area is 220 Å². The molecular weight excluding hydrogens is 482 g/mol. The normalized spacial score (nSPS) is 20.0. The molecular formula is C28H29N7O3. The van der Waals surface area contributed by atoms with E-state index >= 15 is 0 Å². The molecule has 7 rings (SSSR count). The van der Waals surface area contributed by atoms with Crippen LogP contribution in [0.5, 0.6) is 11.6 Å². The second-order valence-electron chi connectivity index (χ2n) is 9.59. The fraction of sp³-hybridized carbons (Fsp3) is 0.286. The van der Waals surface area contributed by atoms with Crippen LogP contribution < -0.4 is 15.0 Å². The van der Waals surface area contributed by atoms with Crippen molar-refractivity contribution in [2.45, 2.75) is 12.5 Å². The van der Waals surface area contributed by atoms with Crippen LogP contribution in [0.3, 0.4) is 0 Å². The van der Waals surface area contributed by atoms with Gasteiger partial charge < -0.3 is 25.0 Å². The van der Waals surface area contributed by atoms with E-state index in [0.29, 0.717) is 22.6 Å². The lowest BCUT2D eigenvalue weighted by molar-refractivity contribution is -0.123. The lowest BCUT2D eigenvalue weighted by Gasteiger charge is -2.37. The van der Waals surface area contributed by atoms with Gasteiger partial charge in [-0.2, -0.15) is 0 Å². The van der Waals surface area contributed by atoms with Gasteiger partial charge in [-0.3, -0.25) is 14.7 Å². The standard InChI is InChI=1S/C28H29N7O3/c36-24-17-38-22-8-4-7-20(14-22)29-15-23-25-26(33-28(23)37)30-18-31-27(25)35-11-9-34(10-12-35)16-21(32-24)13-19-5-2-1-3-6-19/h1-8,14-15,18,21,37H,9-13,16-17H2,(H,32,36)(H,30,31,33)/t21-/m1/s1. The molecule has 0 aliphatic carbocycles. The van der Waals surface area contributed by atoms with Crippen LogP contribution in [-0.2, 0) is 11.2 Å². The van der Waals surface area contributed by atoms with E-state index in [9.17, 15) is 9.90 Å². The molecule has 1 saturated heterocycles. The lowest BCUT2D eigenvalue weighted by Crippen LogP contribution is -2.52. The Morgan fingerprint density at radius 2 is 1.87 bits per heavy atom. The summed E-state index contributed by atoms with van der Waals surface area (Å²) in [5.41, 5.74) is 2.90. The number of nitrogens with zero attached hydrogens (tertiary/aromatic N) is 5. The fourth-order valence-corrected chi connectivity index (χ4v) is 5.11. The molecule has 0 spiro atoms. The number of ether oxygens (including phenoxy) is 1. The molecule has 1 fully saturated rings. The molecule has 0 unspecified atom stereocenters. The SMILES string of the molecule is O=C1COc2cccc(c2)N=Cc2c(O)[nH]c3ncnc(c23)N2CCN(CC2)C[C@@H](Cc2ccccc2)N1. The molecule has 2 aromatic heterocycles. The molecule has 3 aliphatic heterocycles. The van der Waals surface area contributed by atoms with Crippen molar-refractivity contribution in [3.8, 4) is 11.6 Å². The molecule has 1 amide bonds. The number of benzene rings is 2. The van der Waals surface area contributed by atoms with Crippen LogP contribution in [0.25, 0.3) is 11.0 Å². The number of amides is 1. The molecule has 3 N–H and O–H groups in total. The van der Waals surface area contributed by atoms with Gasteiger partial charge in [0.05, 0.1) is 16.6 Å². The smallest absolute Gasteiger partial charge is 0.258 e. The van der Waals surface area contributed by atoms with E-state index in [2.05, 4.69) is 47.2 Å². The maximum absolute atomic E-state index is 12.9. The van der Waals surface area contributed by atoms with Gasteiger partial charge >= 0.3 is 0 Å². The number of carbonyl (C=O) groups is 1. The number of anilines is 1. The number of hydrogen-bond acceptors (Lipinski definition) is 8. The van der Waals surface area contributed by atoms with Crippen LogP contribution in [0.2, 0.25) is 0 Å². The summed E-state index contributed by atoms with van der Waals surface area (Å²) in [5, 5.41) is 14.6. The minimum atomic E-state index is -0.162. The predicted molar refractivity (Wildman–Crippen MR) is 145 cm³/mol. The number of aromatic nitrogens is 3. The average molecular weight is 512 g/mol. The molecule has 2 aromatic carbocycles. The number of aliphatic imine (C=N–C) groups is 1. The maximum Gasteiger partial charge on any atom is 0.258 e. The van der Waals surface area contributed by atoms with Gasteiger partial charge in [-0.05, 0) is 24.1 Å². The average Bonchev–Trinajstić information content (AvgIpc) is 3.26. The van der Waals surface area contributed by atoms with Crippen molar-refractivity contribution in [1.29, 1.82) is 0 Å². The zero-order valence-electron chi connectivity index (χ0n) is 20.9. The Morgan fingerprint density at radius 1 is 1.03 bits per heavy atom. The van der Waals surface area contributed by atoms with E-state index in [-0.39, 0.29) is 24.4 Å². The van der Waals surface area contributed by atoms with E-state index < -0.39 is 0 Å². The zero-order valence-corrected chi connectivity index (χ0v) is 20.9. The van der Waals surface area contributed by atoms with Crippen LogP contribution in [0.4, 0.5) is 11.5 Å². The Morgan fingerprint density at radius 3 is 2.71 bits per heavy atom. The number of hydrogen-bond donors (Lipinski definition) is 3. The molecule has 0 radical (unpaired) electrons. The lowest BCUT2D eigenvalue weighted by atomic mass is 10.0. The molecule has 4 aromatic rings. The number of aromatic hydroxyl groups is 1. The first-order valence-electron chi connectivity index (χ1n) is 12.8. The summed E-state index contributed by atoms with van der Waals surface area (Å²) >= 11 is 0. The first-order valence-corrected chi connectivity index (χ1v) is 12.8. The van der Waals surface area contributed by atoms with Crippen LogP contribution in [0, 0.1) is 0 Å². The monoisotopic (exact) mass is 511 g/mol. The molecule has 5 heterocycles. The number of carbonyl (C=O) groups excluding carboxylic acids is 1. The number of H-pyrrole nitrogens is 1. The van der Waals surface area contributed by atoms with E-state index in [0.717, 1.165) is 50.3 Å². The van der Waals surface area contributed by atoms with Crippen molar-refractivity contribution in [3.63, 3.8) is 0 Å². The van der Waals surface area contributed by atoms with Gasteiger partial charge in [0.1, 0.15) is 23.5 Å². The summed E-state index contributed by atoms with van der Waals surface area (Å²) in [6.07, 6.45) is 3.86. The summed E-state index contributed by atoms with van der Waals surface area (Å²) in [6.45, 7) is 3.78. The van der Waals surface area contributed by atoms with E-state index in [1.54, 1.807) is 18.3 Å². The van der Waals surface area contributed by atoms with Gasteiger partial charge in [0, 0.05) is 51.0 Å². The van der Waals surface area contributed by atoms with Gasteiger partial charge in [0.25, 0.3) is 5.91 Å². The molecule has 3 aliphatic rings. The van der Waals surface area contributed by atoms with E-state index in [4.69, 9.17) is 4.74 Å². The highest BCUT2D eigenvalue weighted by Gasteiger charge is 2.25. The third kappa shape index (κ3) is 5.16. The molecule has 10 heteroatoms. The number of piperazine rings is 1. The van der Waals surface area contributed by atoms with E-state index in [1.807, 2.05) is 30.3 Å². The van der Waals surface area contributed by atoms with Crippen molar-refractivity contribution in [2.75, 3.05) is 44.2 Å². The highest BCUT2D eigenvalue weighted by Crippen LogP contribution is 2.32. The summed E-state index contributed by atoms with van der Waals surface area (Å²) < 4.78 is 5.80. The summed E-state index contributed by atoms with van der Waals surface area (Å²) in [5.74, 6) is 1.13. The molecule has 0 saturated carbocycles. The second-order valence-corrected chi connectivity index (χ2v) is 9.59. The van der Waals surface area contributed by atoms with Crippen LogP contribution in [-0.4, -0.2) is 82.5 Å². The first-order chi connectivity index (χ1) is 18.6. The van der Waals surface area contributed by atoms with Crippen molar-refractivity contribution in [2.24, 2.45) is 4.99 Å². The summed E-state index contributed by atoms with van der Waals surface area (Å²) in [7, 11) is 0. The number of rotatable bonds is 2. The first kappa shape index (κ1) is 23.9. The largest absolute Gasteiger partial charge is 0.494 e.